The second-order valence-electron chi connectivity index (χ2n) is 3.82. The van der Waals surface area contributed by atoms with Gasteiger partial charge < -0.3 is 10.4 Å². The molecule has 0 radical (unpaired) electrons. The smallest absolute Gasteiger partial charge is 0.0592 e. The first-order valence-electron chi connectivity index (χ1n) is 4.60. The minimum Gasteiger partial charge on any atom is -0.393 e. The standard InChI is InChI=1S/C9H19NO/c1-7(2)9(11)8-3-5-10-6-4-8/h7-11H,3-6H2,1-2H3/t9-/m0/s1. The van der Waals surface area contributed by atoms with E-state index in [0.717, 1.165) is 25.9 Å². The zero-order valence-electron chi connectivity index (χ0n) is 7.51. The third-order valence-corrected chi connectivity index (χ3v) is 2.55. The summed E-state index contributed by atoms with van der Waals surface area (Å²) in [5.41, 5.74) is 0. The van der Waals surface area contributed by atoms with Crippen molar-refractivity contribution >= 4 is 0 Å². The van der Waals surface area contributed by atoms with Crippen molar-refractivity contribution in [2.75, 3.05) is 13.1 Å². The average Bonchev–Trinajstić information content (AvgIpc) is 2.05. The predicted octanol–water partition coefficient (Wildman–Crippen LogP) is 1.00. The molecule has 2 N–H and O–H groups in total. The zero-order valence-corrected chi connectivity index (χ0v) is 7.51. The molecule has 0 aromatic heterocycles. The molecular weight excluding hydrogens is 138 g/mol. The van der Waals surface area contributed by atoms with Crippen LogP contribution < -0.4 is 5.32 Å². The van der Waals surface area contributed by atoms with Gasteiger partial charge in [-0.15, -0.1) is 0 Å². The van der Waals surface area contributed by atoms with Crippen molar-refractivity contribution in [2.24, 2.45) is 11.8 Å². The summed E-state index contributed by atoms with van der Waals surface area (Å²) in [6.45, 7) is 6.34. The van der Waals surface area contributed by atoms with E-state index in [4.69, 9.17) is 0 Å². The van der Waals surface area contributed by atoms with Gasteiger partial charge in [0.2, 0.25) is 0 Å². The van der Waals surface area contributed by atoms with Crippen molar-refractivity contribution in [2.45, 2.75) is 32.8 Å². The maximum atomic E-state index is 9.72. The predicted molar refractivity (Wildman–Crippen MR) is 46.4 cm³/mol. The van der Waals surface area contributed by atoms with Crippen LogP contribution in [0, 0.1) is 11.8 Å². The molecule has 2 nitrogen and oxygen atoms in total. The van der Waals surface area contributed by atoms with Gasteiger partial charge in [0.1, 0.15) is 0 Å². The van der Waals surface area contributed by atoms with Crippen molar-refractivity contribution in [3.8, 4) is 0 Å². The molecule has 0 amide bonds. The molecule has 1 saturated heterocycles. The Morgan fingerprint density at radius 1 is 1.27 bits per heavy atom. The van der Waals surface area contributed by atoms with Crippen molar-refractivity contribution < 1.29 is 5.11 Å². The van der Waals surface area contributed by atoms with Crippen molar-refractivity contribution in [3.63, 3.8) is 0 Å². The van der Waals surface area contributed by atoms with Crippen molar-refractivity contribution in [3.05, 3.63) is 0 Å². The van der Waals surface area contributed by atoms with Crippen LogP contribution in [0.4, 0.5) is 0 Å². The second-order valence-corrected chi connectivity index (χ2v) is 3.82. The monoisotopic (exact) mass is 157 g/mol. The van der Waals surface area contributed by atoms with Crippen LogP contribution in [-0.4, -0.2) is 24.3 Å². The molecule has 1 heterocycles. The van der Waals surface area contributed by atoms with Gasteiger partial charge in [-0.3, -0.25) is 0 Å². The molecule has 1 aliphatic rings. The molecule has 0 spiro atoms. The fourth-order valence-corrected chi connectivity index (χ4v) is 1.73. The van der Waals surface area contributed by atoms with Crippen LogP contribution in [0.3, 0.4) is 0 Å². The summed E-state index contributed by atoms with van der Waals surface area (Å²) in [5, 5.41) is 13.0. The van der Waals surface area contributed by atoms with Gasteiger partial charge >= 0.3 is 0 Å². The van der Waals surface area contributed by atoms with Crippen LogP contribution in [0.25, 0.3) is 0 Å². The van der Waals surface area contributed by atoms with E-state index >= 15 is 0 Å². The third-order valence-electron chi connectivity index (χ3n) is 2.55. The van der Waals surface area contributed by atoms with Crippen LogP contribution in [0.5, 0.6) is 0 Å². The Bertz CT molecular complexity index is 108. The fraction of sp³-hybridized carbons (Fsp3) is 1.00. The number of piperidine rings is 1. The maximum absolute atomic E-state index is 9.72. The lowest BCUT2D eigenvalue weighted by molar-refractivity contribution is 0.0496. The van der Waals surface area contributed by atoms with E-state index in [-0.39, 0.29) is 6.10 Å². The van der Waals surface area contributed by atoms with E-state index in [1.165, 1.54) is 0 Å². The summed E-state index contributed by atoms with van der Waals surface area (Å²) in [7, 11) is 0. The molecular formula is C9H19NO. The van der Waals surface area contributed by atoms with Gasteiger partial charge in [-0.25, -0.2) is 0 Å². The topological polar surface area (TPSA) is 32.3 Å². The molecule has 0 aromatic rings. The summed E-state index contributed by atoms with van der Waals surface area (Å²) in [5.74, 6) is 0.953. The Labute approximate surface area is 69.0 Å². The van der Waals surface area contributed by atoms with Gasteiger partial charge in [0, 0.05) is 0 Å². The highest BCUT2D eigenvalue weighted by Crippen LogP contribution is 2.21. The molecule has 1 fully saturated rings. The van der Waals surface area contributed by atoms with Gasteiger partial charge in [-0.1, -0.05) is 13.8 Å². The Balaban J connectivity index is 2.32. The van der Waals surface area contributed by atoms with E-state index in [2.05, 4.69) is 19.2 Å². The normalized spacial score (nSPS) is 24.0. The number of nitrogens with one attached hydrogen (secondary N) is 1. The molecule has 0 saturated carbocycles. The molecule has 11 heavy (non-hydrogen) atoms. The SMILES string of the molecule is CC(C)[C@H](O)C1CCNCC1. The van der Waals surface area contributed by atoms with E-state index in [9.17, 15) is 5.11 Å². The van der Waals surface area contributed by atoms with E-state index in [1.54, 1.807) is 0 Å². The first-order chi connectivity index (χ1) is 5.22. The summed E-state index contributed by atoms with van der Waals surface area (Å²) < 4.78 is 0. The van der Waals surface area contributed by atoms with E-state index in [1.807, 2.05) is 0 Å². The third kappa shape index (κ3) is 2.46. The first-order valence-corrected chi connectivity index (χ1v) is 4.60. The molecule has 2 heteroatoms. The van der Waals surface area contributed by atoms with Gasteiger partial charge in [0.05, 0.1) is 6.10 Å². The molecule has 0 bridgehead atoms. The lowest BCUT2D eigenvalue weighted by Gasteiger charge is -2.29. The van der Waals surface area contributed by atoms with Crippen LogP contribution in [-0.2, 0) is 0 Å². The molecule has 1 aliphatic heterocycles. The van der Waals surface area contributed by atoms with Crippen molar-refractivity contribution in [1.82, 2.24) is 5.32 Å². The highest BCUT2D eigenvalue weighted by Gasteiger charge is 2.23. The van der Waals surface area contributed by atoms with E-state index < -0.39 is 0 Å². The van der Waals surface area contributed by atoms with Gasteiger partial charge in [0.25, 0.3) is 0 Å². The Morgan fingerprint density at radius 3 is 2.27 bits per heavy atom. The minimum atomic E-state index is -0.0860. The fourth-order valence-electron chi connectivity index (χ4n) is 1.73. The minimum absolute atomic E-state index is 0.0860. The molecule has 0 aliphatic carbocycles. The van der Waals surface area contributed by atoms with Crippen LogP contribution in [0.1, 0.15) is 26.7 Å². The van der Waals surface area contributed by atoms with Crippen LogP contribution >= 0.6 is 0 Å². The lowest BCUT2D eigenvalue weighted by Crippen LogP contribution is -2.36. The van der Waals surface area contributed by atoms with Gasteiger partial charge in [-0.2, -0.15) is 0 Å². The van der Waals surface area contributed by atoms with Crippen LogP contribution in [0.15, 0.2) is 0 Å². The molecule has 1 atom stereocenters. The number of hydrogen-bond acceptors (Lipinski definition) is 2. The lowest BCUT2D eigenvalue weighted by atomic mass is 9.86. The number of hydrogen-bond donors (Lipinski definition) is 2. The Hall–Kier alpha value is -0.0800. The largest absolute Gasteiger partial charge is 0.393 e. The maximum Gasteiger partial charge on any atom is 0.0592 e. The number of aliphatic hydroxyl groups excluding tert-OH is 1. The number of aliphatic hydroxyl groups is 1. The Morgan fingerprint density at radius 2 is 1.82 bits per heavy atom. The summed E-state index contributed by atoms with van der Waals surface area (Å²) >= 11 is 0. The summed E-state index contributed by atoms with van der Waals surface area (Å²) in [6.07, 6.45) is 2.19. The summed E-state index contributed by atoms with van der Waals surface area (Å²) in [6, 6.07) is 0. The van der Waals surface area contributed by atoms with Gasteiger partial charge in [-0.05, 0) is 37.8 Å². The van der Waals surface area contributed by atoms with Crippen molar-refractivity contribution in [1.29, 1.82) is 0 Å². The average molecular weight is 157 g/mol. The number of rotatable bonds is 2. The van der Waals surface area contributed by atoms with Crippen LogP contribution in [0.2, 0.25) is 0 Å². The highest BCUT2D eigenvalue weighted by molar-refractivity contribution is 4.76. The Kier molecular flexibility index (Phi) is 3.34. The zero-order chi connectivity index (χ0) is 8.27. The second kappa shape index (κ2) is 4.07. The highest BCUT2D eigenvalue weighted by atomic mass is 16.3. The molecule has 1 rings (SSSR count). The first kappa shape index (κ1) is 9.01. The quantitative estimate of drug-likeness (QED) is 0.627. The van der Waals surface area contributed by atoms with Gasteiger partial charge in [0.15, 0.2) is 0 Å². The molecule has 66 valence electrons. The molecule has 0 unspecified atom stereocenters. The van der Waals surface area contributed by atoms with E-state index in [0.29, 0.717) is 11.8 Å². The summed E-state index contributed by atoms with van der Waals surface area (Å²) in [4.78, 5) is 0. The molecule has 0 aromatic carbocycles.